The van der Waals surface area contributed by atoms with Crippen molar-refractivity contribution >= 4 is 5.91 Å². The summed E-state index contributed by atoms with van der Waals surface area (Å²) >= 11 is 0. The third-order valence-electron chi connectivity index (χ3n) is 3.41. The molecule has 0 bridgehead atoms. The zero-order chi connectivity index (χ0) is 16.2. The van der Waals surface area contributed by atoms with Crippen LogP contribution in [0.3, 0.4) is 0 Å². The number of carbonyl (C=O) groups excluding carboxylic acids is 1. The van der Waals surface area contributed by atoms with Crippen molar-refractivity contribution in [3.8, 4) is 0 Å². The second kappa shape index (κ2) is 6.66. The van der Waals surface area contributed by atoms with Crippen LogP contribution in [0.15, 0.2) is 60.7 Å². The van der Waals surface area contributed by atoms with Crippen molar-refractivity contribution in [2.45, 2.75) is 25.0 Å². The molecule has 116 valence electrons. The zero-order valence-electron chi connectivity index (χ0n) is 12.0. The number of hydrogen-bond acceptors (Lipinski definition) is 2. The van der Waals surface area contributed by atoms with Crippen molar-refractivity contribution in [2.24, 2.45) is 0 Å². The summed E-state index contributed by atoms with van der Waals surface area (Å²) in [5.74, 6) is -5.41. The molecule has 2 rings (SSSR count). The predicted molar refractivity (Wildman–Crippen MR) is 79.3 cm³/mol. The number of halogens is 2. The Kier molecular flexibility index (Phi) is 4.88. The van der Waals surface area contributed by atoms with E-state index in [1.54, 1.807) is 43.3 Å². The summed E-state index contributed by atoms with van der Waals surface area (Å²) in [6.07, 6.45) is -2.18. The topological polar surface area (TPSA) is 49.3 Å². The monoisotopic (exact) mass is 305 g/mol. The molecule has 1 amide bonds. The van der Waals surface area contributed by atoms with E-state index in [-0.39, 0.29) is 5.56 Å². The number of rotatable bonds is 5. The van der Waals surface area contributed by atoms with Crippen LogP contribution in [0.5, 0.6) is 0 Å². The van der Waals surface area contributed by atoms with Gasteiger partial charge >= 0.3 is 5.92 Å². The number of nitrogens with one attached hydrogen (secondary N) is 1. The van der Waals surface area contributed by atoms with E-state index in [9.17, 15) is 18.7 Å². The van der Waals surface area contributed by atoms with E-state index < -0.39 is 24.0 Å². The smallest absolute Gasteiger partial charge is 0.353 e. The molecule has 0 unspecified atom stereocenters. The predicted octanol–water partition coefficient (Wildman–Crippen LogP) is 3.23. The van der Waals surface area contributed by atoms with Crippen LogP contribution in [0.4, 0.5) is 8.78 Å². The Morgan fingerprint density at radius 1 is 1.00 bits per heavy atom. The molecule has 2 aromatic rings. The van der Waals surface area contributed by atoms with Gasteiger partial charge in [-0.15, -0.1) is 0 Å². The first kappa shape index (κ1) is 16.1. The normalized spacial score (nSPS) is 14.2. The van der Waals surface area contributed by atoms with Crippen LogP contribution in [0.2, 0.25) is 0 Å². The van der Waals surface area contributed by atoms with Crippen LogP contribution in [0.25, 0.3) is 0 Å². The minimum atomic E-state index is -3.91. The Morgan fingerprint density at radius 3 is 1.95 bits per heavy atom. The van der Waals surface area contributed by atoms with Crippen molar-refractivity contribution in [2.75, 3.05) is 0 Å². The van der Waals surface area contributed by atoms with Gasteiger partial charge < -0.3 is 10.4 Å². The number of hydrogen-bond donors (Lipinski definition) is 2. The molecule has 0 aliphatic rings. The highest BCUT2D eigenvalue weighted by atomic mass is 19.3. The van der Waals surface area contributed by atoms with Crippen LogP contribution in [0, 0.1) is 0 Å². The second-order valence-corrected chi connectivity index (χ2v) is 5.04. The van der Waals surface area contributed by atoms with E-state index in [0.717, 1.165) is 0 Å². The Bertz CT molecular complexity index is 617. The lowest BCUT2D eigenvalue weighted by molar-refractivity contribution is -0.165. The van der Waals surface area contributed by atoms with Gasteiger partial charge in [0.25, 0.3) is 5.91 Å². The summed E-state index contributed by atoms with van der Waals surface area (Å²) in [5.41, 5.74) is 0.705. The first-order valence-corrected chi connectivity index (χ1v) is 6.89. The zero-order valence-corrected chi connectivity index (χ0v) is 12.0. The molecule has 0 saturated carbocycles. The Labute approximate surface area is 127 Å². The molecule has 3 nitrogen and oxygen atoms in total. The fourth-order valence-corrected chi connectivity index (χ4v) is 2.09. The van der Waals surface area contributed by atoms with Gasteiger partial charge in [-0.1, -0.05) is 60.7 Å². The molecule has 2 N–H and O–H groups in total. The lowest BCUT2D eigenvalue weighted by atomic mass is 10.0. The van der Waals surface area contributed by atoms with Gasteiger partial charge in [0.05, 0.1) is 6.04 Å². The lowest BCUT2D eigenvalue weighted by Crippen LogP contribution is -2.45. The van der Waals surface area contributed by atoms with Gasteiger partial charge in [-0.2, -0.15) is 8.78 Å². The summed E-state index contributed by atoms with van der Waals surface area (Å²) in [7, 11) is 0. The summed E-state index contributed by atoms with van der Waals surface area (Å²) in [4.78, 5) is 11.8. The highest BCUT2D eigenvalue weighted by Crippen LogP contribution is 2.32. The highest BCUT2D eigenvalue weighted by molar-refractivity contribution is 5.84. The minimum Gasteiger partial charge on any atom is -0.381 e. The average Bonchev–Trinajstić information content (AvgIpc) is 2.55. The molecule has 0 radical (unpaired) electrons. The molecule has 2 atom stereocenters. The fourth-order valence-electron chi connectivity index (χ4n) is 2.09. The molecular weight excluding hydrogens is 288 g/mol. The molecule has 0 fully saturated rings. The molecule has 22 heavy (non-hydrogen) atoms. The maximum absolute atomic E-state index is 14.1. The molecule has 0 aliphatic heterocycles. The van der Waals surface area contributed by atoms with E-state index in [4.69, 9.17) is 0 Å². The molecule has 0 aromatic heterocycles. The van der Waals surface area contributed by atoms with Crippen molar-refractivity contribution in [3.05, 3.63) is 71.8 Å². The summed E-state index contributed by atoms with van der Waals surface area (Å²) in [6, 6.07) is 15.6. The van der Waals surface area contributed by atoms with Crippen LogP contribution in [0.1, 0.15) is 30.2 Å². The van der Waals surface area contributed by atoms with E-state index in [1.165, 1.54) is 24.3 Å². The number of amides is 1. The number of aliphatic hydroxyl groups excluding tert-OH is 1. The lowest BCUT2D eigenvalue weighted by Gasteiger charge is -2.24. The van der Waals surface area contributed by atoms with Crippen LogP contribution < -0.4 is 5.32 Å². The van der Waals surface area contributed by atoms with E-state index in [2.05, 4.69) is 5.32 Å². The molecular formula is C17H17F2NO2. The summed E-state index contributed by atoms with van der Waals surface area (Å²) in [6.45, 7) is 1.61. The molecule has 0 aliphatic carbocycles. The van der Waals surface area contributed by atoms with E-state index >= 15 is 0 Å². The van der Waals surface area contributed by atoms with Crippen LogP contribution in [-0.4, -0.2) is 16.9 Å². The number of aliphatic hydroxyl groups is 1. The Morgan fingerprint density at radius 2 is 1.45 bits per heavy atom. The second-order valence-electron chi connectivity index (χ2n) is 5.04. The largest absolute Gasteiger partial charge is 0.381 e. The van der Waals surface area contributed by atoms with Gasteiger partial charge in [0.15, 0.2) is 6.10 Å². The third-order valence-corrected chi connectivity index (χ3v) is 3.41. The SMILES string of the molecule is C[C@H](NC(=O)C(F)(F)[C@@H](O)c1ccccc1)c1ccccc1. The molecule has 0 heterocycles. The van der Waals surface area contributed by atoms with Crippen molar-refractivity contribution < 1.29 is 18.7 Å². The van der Waals surface area contributed by atoms with Gasteiger partial charge in [-0.05, 0) is 18.1 Å². The summed E-state index contributed by atoms with van der Waals surface area (Å²) < 4.78 is 28.2. The van der Waals surface area contributed by atoms with Gasteiger partial charge in [-0.3, -0.25) is 4.79 Å². The van der Waals surface area contributed by atoms with Crippen molar-refractivity contribution in [1.82, 2.24) is 5.32 Å². The van der Waals surface area contributed by atoms with E-state index in [0.29, 0.717) is 5.56 Å². The maximum atomic E-state index is 14.1. The van der Waals surface area contributed by atoms with E-state index in [1.807, 2.05) is 0 Å². The minimum absolute atomic E-state index is 0.00462. The van der Waals surface area contributed by atoms with Crippen LogP contribution in [-0.2, 0) is 4.79 Å². The third kappa shape index (κ3) is 3.49. The highest BCUT2D eigenvalue weighted by Gasteiger charge is 2.47. The molecule has 0 saturated heterocycles. The molecule has 5 heteroatoms. The van der Waals surface area contributed by atoms with Gasteiger partial charge in [0.1, 0.15) is 0 Å². The fraction of sp³-hybridized carbons (Fsp3) is 0.235. The Hall–Kier alpha value is -2.27. The first-order chi connectivity index (χ1) is 10.4. The van der Waals surface area contributed by atoms with Crippen molar-refractivity contribution in [3.63, 3.8) is 0 Å². The number of carbonyl (C=O) groups is 1. The standard InChI is InChI=1S/C17H17F2NO2/c1-12(13-8-4-2-5-9-13)20-16(22)17(18,19)15(21)14-10-6-3-7-11-14/h2-12,15,21H,1H3,(H,20,22)/t12-,15-/m0/s1. The van der Waals surface area contributed by atoms with Gasteiger partial charge in [-0.25, -0.2) is 0 Å². The summed E-state index contributed by atoms with van der Waals surface area (Å²) in [5, 5.41) is 12.0. The number of alkyl halides is 2. The maximum Gasteiger partial charge on any atom is 0.353 e. The molecule has 0 spiro atoms. The number of benzene rings is 2. The Balaban J connectivity index is 2.10. The van der Waals surface area contributed by atoms with Crippen LogP contribution >= 0.6 is 0 Å². The van der Waals surface area contributed by atoms with Crippen molar-refractivity contribution in [1.29, 1.82) is 0 Å². The first-order valence-electron chi connectivity index (χ1n) is 6.89. The van der Waals surface area contributed by atoms with Gasteiger partial charge in [0.2, 0.25) is 0 Å². The molecule has 2 aromatic carbocycles. The van der Waals surface area contributed by atoms with Gasteiger partial charge in [0, 0.05) is 0 Å². The average molecular weight is 305 g/mol. The quantitative estimate of drug-likeness (QED) is 0.891.